The fourth-order valence-corrected chi connectivity index (χ4v) is 4.15. The van der Waals surface area contributed by atoms with Crippen LogP contribution in [0.1, 0.15) is 55.5 Å². The number of rotatable bonds is 9. The Kier molecular flexibility index (Phi) is 8.04. The van der Waals surface area contributed by atoms with Crippen molar-refractivity contribution in [2.24, 2.45) is 0 Å². The molecule has 1 aliphatic heterocycles. The van der Waals surface area contributed by atoms with Gasteiger partial charge in [0.2, 0.25) is 17.7 Å². The smallest absolute Gasteiger partial charge is 0.247 e. The summed E-state index contributed by atoms with van der Waals surface area (Å²) in [6.07, 6.45) is 6.96. The maximum atomic E-state index is 12.4. The highest BCUT2D eigenvalue weighted by molar-refractivity contribution is 5.75. The van der Waals surface area contributed by atoms with Gasteiger partial charge in [-0.2, -0.15) is 0 Å². The van der Waals surface area contributed by atoms with Crippen LogP contribution >= 0.6 is 0 Å². The fourth-order valence-electron chi connectivity index (χ4n) is 4.15. The summed E-state index contributed by atoms with van der Waals surface area (Å²) >= 11 is 0. The molecule has 4 rings (SSSR count). The van der Waals surface area contributed by atoms with Crippen LogP contribution in [0.3, 0.4) is 0 Å². The van der Waals surface area contributed by atoms with E-state index >= 15 is 0 Å². The summed E-state index contributed by atoms with van der Waals surface area (Å²) in [5.41, 5.74) is 3.42. The molecular weight excluding hydrogens is 400 g/mol. The lowest BCUT2D eigenvalue weighted by Gasteiger charge is -2.21. The average Bonchev–Trinajstić information content (AvgIpc) is 3.15. The molecular formula is C26H32N4O2. The molecule has 3 aromatic rings. The van der Waals surface area contributed by atoms with Crippen LogP contribution in [0.5, 0.6) is 0 Å². The lowest BCUT2D eigenvalue weighted by atomic mass is 10.1. The van der Waals surface area contributed by atoms with Crippen LogP contribution in [0.4, 0.5) is 0 Å². The number of carbonyl (C=O) groups is 1. The third-order valence-electron chi connectivity index (χ3n) is 5.97. The number of carbonyl (C=O) groups excluding carboxylic acids is 1. The van der Waals surface area contributed by atoms with E-state index in [9.17, 15) is 4.79 Å². The van der Waals surface area contributed by atoms with Crippen molar-refractivity contribution in [3.8, 4) is 11.5 Å². The van der Waals surface area contributed by atoms with E-state index in [1.165, 1.54) is 49.9 Å². The van der Waals surface area contributed by atoms with Gasteiger partial charge in [0.25, 0.3) is 0 Å². The molecule has 2 heterocycles. The Morgan fingerprint density at radius 3 is 2.41 bits per heavy atom. The van der Waals surface area contributed by atoms with Crippen LogP contribution in [0.15, 0.2) is 59.0 Å². The van der Waals surface area contributed by atoms with Crippen LogP contribution in [0.25, 0.3) is 11.5 Å². The van der Waals surface area contributed by atoms with E-state index in [-0.39, 0.29) is 5.91 Å². The fraction of sp³-hybridized carbons (Fsp3) is 0.423. The zero-order valence-electron chi connectivity index (χ0n) is 18.6. The molecule has 1 amide bonds. The van der Waals surface area contributed by atoms with E-state index in [1.54, 1.807) is 0 Å². The van der Waals surface area contributed by atoms with Gasteiger partial charge in [-0.15, -0.1) is 10.2 Å². The van der Waals surface area contributed by atoms with Gasteiger partial charge < -0.3 is 9.73 Å². The Labute approximate surface area is 190 Å². The van der Waals surface area contributed by atoms with Crippen LogP contribution in [-0.4, -0.2) is 34.1 Å². The Morgan fingerprint density at radius 2 is 1.62 bits per heavy atom. The number of aryl methyl sites for hydroxylation is 1. The van der Waals surface area contributed by atoms with Crippen molar-refractivity contribution in [1.29, 1.82) is 0 Å². The van der Waals surface area contributed by atoms with E-state index in [1.807, 2.05) is 36.4 Å². The summed E-state index contributed by atoms with van der Waals surface area (Å²) in [5.74, 6) is 1.14. The highest BCUT2D eigenvalue weighted by Crippen LogP contribution is 2.18. The van der Waals surface area contributed by atoms with Crippen LogP contribution in [-0.2, 0) is 24.3 Å². The number of nitrogens with one attached hydrogen (secondary N) is 1. The Hall–Kier alpha value is -2.99. The molecule has 1 fully saturated rings. The van der Waals surface area contributed by atoms with Crippen molar-refractivity contribution >= 4 is 5.91 Å². The molecule has 6 heteroatoms. The number of amides is 1. The largest absolute Gasteiger partial charge is 0.421 e. The second-order valence-corrected chi connectivity index (χ2v) is 8.46. The minimum absolute atomic E-state index is 0.0531. The highest BCUT2D eigenvalue weighted by Gasteiger charge is 2.13. The number of aromatic nitrogens is 2. The average molecular weight is 433 g/mol. The molecule has 1 aromatic heterocycles. The molecule has 0 saturated carbocycles. The molecule has 2 aromatic carbocycles. The molecule has 0 bridgehead atoms. The maximum Gasteiger partial charge on any atom is 0.247 e. The zero-order valence-corrected chi connectivity index (χ0v) is 18.6. The standard InChI is InChI=1S/C26H32N4O2/c31-24(15-10-16-25-28-29-26(32-25)21-11-4-3-5-12-21)27-19-22-13-6-7-14-23(22)20-30-17-8-1-2-9-18-30/h3-7,11-14H,1-2,8-10,15-20H2,(H,27,31). The molecule has 0 spiro atoms. The first-order valence-electron chi connectivity index (χ1n) is 11.7. The van der Waals surface area contributed by atoms with E-state index < -0.39 is 0 Å². The highest BCUT2D eigenvalue weighted by atomic mass is 16.4. The predicted molar refractivity (Wildman–Crippen MR) is 125 cm³/mol. The van der Waals surface area contributed by atoms with Gasteiger partial charge in [0.15, 0.2) is 0 Å². The van der Waals surface area contributed by atoms with Gasteiger partial charge >= 0.3 is 0 Å². The topological polar surface area (TPSA) is 71.3 Å². The zero-order chi connectivity index (χ0) is 22.0. The van der Waals surface area contributed by atoms with E-state index in [2.05, 4.69) is 38.6 Å². The molecule has 1 N–H and O–H groups in total. The molecule has 0 radical (unpaired) electrons. The molecule has 1 aliphatic rings. The summed E-state index contributed by atoms with van der Waals surface area (Å²) in [6, 6.07) is 18.2. The number of nitrogens with zero attached hydrogens (tertiary/aromatic N) is 3. The second-order valence-electron chi connectivity index (χ2n) is 8.46. The van der Waals surface area contributed by atoms with Crippen molar-refractivity contribution < 1.29 is 9.21 Å². The molecule has 0 aliphatic carbocycles. The third-order valence-corrected chi connectivity index (χ3v) is 5.97. The molecule has 6 nitrogen and oxygen atoms in total. The number of hydrogen-bond donors (Lipinski definition) is 1. The van der Waals surface area contributed by atoms with Gasteiger partial charge in [-0.05, 0) is 55.6 Å². The van der Waals surface area contributed by atoms with Crippen molar-refractivity contribution in [3.63, 3.8) is 0 Å². The van der Waals surface area contributed by atoms with Gasteiger partial charge in [-0.1, -0.05) is 55.3 Å². The van der Waals surface area contributed by atoms with Crippen molar-refractivity contribution in [2.45, 2.75) is 58.0 Å². The number of likely N-dealkylation sites (tertiary alicyclic amines) is 1. The van der Waals surface area contributed by atoms with Gasteiger partial charge in [0.1, 0.15) is 0 Å². The van der Waals surface area contributed by atoms with Crippen LogP contribution in [0, 0.1) is 0 Å². The molecule has 0 unspecified atom stereocenters. The van der Waals surface area contributed by atoms with Crippen molar-refractivity contribution in [2.75, 3.05) is 13.1 Å². The predicted octanol–water partition coefficient (Wildman–Crippen LogP) is 4.75. The monoisotopic (exact) mass is 432 g/mol. The minimum atomic E-state index is 0.0531. The summed E-state index contributed by atoms with van der Waals surface area (Å²) in [5, 5.41) is 11.3. The number of hydrogen-bond acceptors (Lipinski definition) is 5. The third kappa shape index (κ3) is 6.50. The minimum Gasteiger partial charge on any atom is -0.421 e. The van der Waals surface area contributed by atoms with E-state index in [0.29, 0.717) is 37.6 Å². The van der Waals surface area contributed by atoms with Gasteiger partial charge in [0, 0.05) is 31.5 Å². The molecule has 32 heavy (non-hydrogen) atoms. The summed E-state index contributed by atoms with van der Waals surface area (Å²) in [6.45, 7) is 3.87. The van der Waals surface area contributed by atoms with Crippen molar-refractivity contribution in [1.82, 2.24) is 20.4 Å². The Morgan fingerprint density at radius 1 is 0.906 bits per heavy atom. The quantitative estimate of drug-likeness (QED) is 0.528. The normalized spacial score (nSPS) is 14.8. The van der Waals surface area contributed by atoms with Gasteiger partial charge in [-0.3, -0.25) is 9.69 Å². The Bertz CT molecular complexity index is 978. The SMILES string of the molecule is O=C(CCCc1nnc(-c2ccccc2)o1)NCc1ccccc1CN1CCCCCC1. The van der Waals surface area contributed by atoms with Gasteiger partial charge in [-0.25, -0.2) is 0 Å². The van der Waals surface area contributed by atoms with E-state index in [0.717, 1.165) is 12.1 Å². The maximum absolute atomic E-state index is 12.4. The first-order valence-corrected chi connectivity index (χ1v) is 11.7. The number of benzene rings is 2. The summed E-state index contributed by atoms with van der Waals surface area (Å²) in [7, 11) is 0. The summed E-state index contributed by atoms with van der Waals surface area (Å²) in [4.78, 5) is 14.9. The van der Waals surface area contributed by atoms with Crippen LogP contribution in [0.2, 0.25) is 0 Å². The molecule has 168 valence electrons. The second kappa shape index (κ2) is 11.6. The van der Waals surface area contributed by atoms with Gasteiger partial charge in [0.05, 0.1) is 0 Å². The lowest BCUT2D eigenvalue weighted by molar-refractivity contribution is -0.121. The van der Waals surface area contributed by atoms with Crippen LogP contribution < -0.4 is 5.32 Å². The Balaban J connectivity index is 1.22. The first-order chi connectivity index (χ1) is 15.8. The lowest BCUT2D eigenvalue weighted by Crippen LogP contribution is -2.26. The summed E-state index contributed by atoms with van der Waals surface area (Å²) < 4.78 is 5.72. The molecule has 0 atom stereocenters. The first kappa shape index (κ1) is 22.2. The molecule has 1 saturated heterocycles. The van der Waals surface area contributed by atoms with E-state index in [4.69, 9.17) is 4.42 Å². The van der Waals surface area contributed by atoms with Crippen molar-refractivity contribution in [3.05, 3.63) is 71.6 Å².